The van der Waals surface area contributed by atoms with Gasteiger partial charge in [0, 0.05) is 24.1 Å². The van der Waals surface area contributed by atoms with Crippen molar-refractivity contribution in [2.45, 2.75) is 88.7 Å². The number of aromatic nitrogens is 4. The lowest BCUT2D eigenvalue weighted by Crippen LogP contribution is -2.40. The number of pyridine rings is 1. The average molecular weight is 497 g/mol. The van der Waals surface area contributed by atoms with Gasteiger partial charge in [0.2, 0.25) is 5.95 Å². The molecule has 3 fully saturated rings. The maximum Gasteiger partial charge on any atom is 0.225 e. The number of rotatable bonds is 7. The first kappa shape index (κ1) is 23.0. The van der Waals surface area contributed by atoms with Crippen LogP contribution in [0.2, 0.25) is 0 Å². The van der Waals surface area contributed by atoms with Gasteiger partial charge < -0.3 is 26.0 Å². The van der Waals surface area contributed by atoms with Gasteiger partial charge >= 0.3 is 0 Å². The van der Waals surface area contributed by atoms with Crippen LogP contribution in [0.15, 0.2) is 12.3 Å². The van der Waals surface area contributed by atoms with E-state index in [1.807, 2.05) is 19.2 Å². The topological polar surface area (TPSA) is 136 Å². The highest BCUT2D eigenvalue weighted by Gasteiger charge is 2.48. The van der Waals surface area contributed by atoms with Crippen LogP contribution >= 0.6 is 11.3 Å². The summed E-state index contributed by atoms with van der Waals surface area (Å²) in [5.74, 6) is 1.15. The summed E-state index contributed by atoms with van der Waals surface area (Å²) < 4.78 is 1.08. The molecule has 3 aromatic rings. The lowest BCUT2D eigenvalue weighted by atomic mass is 9.88. The Labute approximate surface area is 208 Å². The van der Waals surface area contributed by atoms with E-state index < -0.39 is 29.8 Å². The highest BCUT2D eigenvalue weighted by Crippen LogP contribution is 2.45. The minimum absolute atomic E-state index is 0.390. The lowest BCUT2D eigenvalue weighted by Gasteiger charge is -2.28. The number of aryl methyl sites for hydroxylation is 1. The van der Waals surface area contributed by atoms with Crippen molar-refractivity contribution in [1.82, 2.24) is 19.9 Å². The minimum atomic E-state index is -1.11. The third kappa shape index (κ3) is 4.37. The quantitative estimate of drug-likeness (QED) is 0.334. The second-order valence-corrected chi connectivity index (χ2v) is 11.9. The van der Waals surface area contributed by atoms with Crippen molar-refractivity contribution in [3.8, 4) is 10.6 Å². The largest absolute Gasteiger partial charge is 0.390 e. The Bertz CT molecular complexity index is 1270. The van der Waals surface area contributed by atoms with Crippen molar-refractivity contribution < 1.29 is 15.3 Å². The summed E-state index contributed by atoms with van der Waals surface area (Å²) in [5, 5.41) is 39.6. The monoisotopic (exact) mass is 496 g/mol. The zero-order valence-corrected chi connectivity index (χ0v) is 21.0. The second-order valence-electron chi connectivity index (χ2n) is 10.8. The number of anilines is 2. The number of aliphatic hydroxyl groups is 3. The Morgan fingerprint density at radius 2 is 1.80 bits per heavy atom. The van der Waals surface area contributed by atoms with E-state index in [1.165, 1.54) is 0 Å². The van der Waals surface area contributed by atoms with Crippen LogP contribution in [-0.2, 0) is 0 Å². The summed E-state index contributed by atoms with van der Waals surface area (Å²) >= 11 is 1.59. The van der Waals surface area contributed by atoms with Crippen molar-refractivity contribution in [3.05, 3.63) is 23.7 Å². The Kier molecular flexibility index (Phi) is 5.48. The molecule has 0 saturated heterocycles. The molecule has 3 aliphatic carbocycles. The van der Waals surface area contributed by atoms with Crippen molar-refractivity contribution in [2.75, 3.05) is 10.6 Å². The zero-order valence-electron chi connectivity index (χ0n) is 20.2. The van der Waals surface area contributed by atoms with Crippen molar-refractivity contribution in [1.29, 1.82) is 0 Å². The van der Waals surface area contributed by atoms with E-state index in [-0.39, 0.29) is 0 Å². The van der Waals surface area contributed by atoms with Crippen molar-refractivity contribution in [2.24, 2.45) is 5.92 Å². The van der Waals surface area contributed by atoms with E-state index in [0.717, 1.165) is 57.9 Å². The normalized spacial score (nSPS) is 26.9. The predicted molar refractivity (Wildman–Crippen MR) is 136 cm³/mol. The fourth-order valence-corrected chi connectivity index (χ4v) is 6.17. The molecule has 3 saturated carbocycles. The maximum atomic E-state index is 10.8. The molecule has 9 nitrogen and oxygen atoms in total. The SMILES string of the molecule is Cc1nc(NC2CC2)nc(N[C@@H]2C[C@H](C(C)(C)O)[C@@H](O)[C@H]2O)c1-c1nc2c(C3CC3)nccc2s1. The predicted octanol–water partition coefficient (Wildman–Crippen LogP) is 3.20. The molecule has 10 heteroatoms. The molecule has 5 N–H and O–H groups in total. The van der Waals surface area contributed by atoms with Crippen LogP contribution in [0.25, 0.3) is 20.8 Å². The molecule has 0 amide bonds. The second kappa shape index (κ2) is 8.33. The first-order valence-electron chi connectivity index (χ1n) is 12.4. The van der Waals surface area contributed by atoms with Crippen LogP contribution in [0.4, 0.5) is 11.8 Å². The first-order valence-corrected chi connectivity index (χ1v) is 13.3. The number of hydrogen-bond donors (Lipinski definition) is 5. The summed E-state index contributed by atoms with van der Waals surface area (Å²) in [6, 6.07) is 1.92. The summed E-state index contributed by atoms with van der Waals surface area (Å²) in [5.41, 5.74) is 2.48. The summed E-state index contributed by atoms with van der Waals surface area (Å²) in [4.78, 5) is 19.1. The Hall–Kier alpha value is -2.40. The molecule has 3 aromatic heterocycles. The molecule has 6 rings (SSSR count). The number of aliphatic hydroxyl groups excluding tert-OH is 2. The van der Waals surface area contributed by atoms with Gasteiger partial charge in [-0.25, -0.2) is 9.97 Å². The molecule has 0 aliphatic heterocycles. The standard InChI is InChI=1S/C25H32N6O3S/c1-11-17(23-30-19-16(35-23)8-9-26-18(19)12-4-5-12)22(31-24(27-11)28-13-6-7-13)29-15-10-14(25(2,3)34)20(32)21(15)33/h8-9,12-15,20-21,32-34H,4-7,10H2,1-3H3,(H2,27,28,29,31)/t14-,15+,20+,21-/m0/s1. The molecule has 35 heavy (non-hydrogen) atoms. The number of nitrogens with zero attached hydrogens (tertiary/aromatic N) is 4. The van der Waals surface area contributed by atoms with Crippen LogP contribution < -0.4 is 10.6 Å². The van der Waals surface area contributed by atoms with Gasteiger partial charge in [0.25, 0.3) is 0 Å². The molecule has 3 aliphatic rings. The van der Waals surface area contributed by atoms with Gasteiger partial charge in [-0.2, -0.15) is 4.98 Å². The molecule has 0 aromatic carbocycles. The Balaban J connectivity index is 1.40. The van der Waals surface area contributed by atoms with E-state index in [2.05, 4.69) is 15.6 Å². The molecule has 0 unspecified atom stereocenters. The van der Waals surface area contributed by atoms with Crippen LogP contribution in [0, 0.1) is 12.8 Å². The van der Waals surface area contributed by atoms with E-state index >= 15 is 0 Å². The summed E-state index contributed by atoms with van der Waals surface area (Å²) in [6.07, 6.45) is 4.71. The lowest BCUT2D eigenvalue weighted by molar-refractivity contribution is -0.0601. The van der Waals surface area contributed by atoms with Crippen LogP contribution in [0.1, 0.15) is 63.3 Å². The van der Waals surface area contributed by atoms with Gasteiger partial charge in [-0.3, -0.25) is 4.98 Å². The van der Waals surface area contributed by atoms with E-state index in [0.29, 0.717) is 30.1 Å². The van der Waals surface area contributed by atoms with E-state index in [4.69, 9.17) is 15.0 Å². The Morgan fingerprint density at radius 3 is 2.46 bits per heavy atom. The number of thiazole rings is 1. The smallest absolute Gasteiger partial charge is 0.225 e. The molecule has 186 valence electrons. The van der Waals surface area contributed by atoms with Gasteiger partial charge in [0.15, 0.2) is 0 Å². The molecule has 0 radical (unpaired) electrons. The van der Waals surface area contributed by atoms with Crippen LogP contribution in [-0.4, -0.2) is 65.1 Å². The fraction of sp³-hybridized carbons (Fsp3) is 0.600. The van der Waals surface area contributed by atoms with Crippen molar-refractivity contribution >= 4 is 33.3 Å². The van der Waals surface area contributed by atoms with Gasteiger partial charge in [0.1, 0.15) is 22.4 Å². The number of nitrogens with one attached hydrogen (secondary N) is 2. The molecule has 3 heterocycles. The maximum absolute atomic E-state index is 10.8. The van der Waals surface area contributed by atoms with Gasteiger partial charge in [-0.15, -0.1) is 11.3 Å². The minimum Gasteiger partial charge on any atom is -0.390 e. The van der Waals surface area contributed by atoms with Gasteiger partial charge in [-0.05, 0) is 58.9 Å². The third-order valence-corrected chi connectivity index (χ3v) is 8.46. The molecule has 4 atom stereocenters. The first-order chi connectivity index (χ1) is 16.7. The van der Waals surface area contributed by atoms with Crippen LogP contribution in [0.3, 0.4) is 0 Å². The van der Waals surface area contributed by atoms with Gasteiger partial charge in [0.05, 0.1) is 39.4 Å². The van der Waals surface area contributed by atoms with Crippen LogP contribution in [0.5, 0.6) is 0 Å². The summed E-state index contributed by atoms with van der Waals surface area (Å²) in [6.45, 7) is 5.28. The fourth-order valence-electron chi connectivity index (χ4n) is 5.10. The average Bonchev–Trinajstić information content (AvgIpc) is 3.71. The highest BCUT2D eigenvalue weighted by atomic mass is 32.1. The number of hydrogen-bond acceptors (Lipinski definition) is 10. The zero-order chi connectivity index (χ0) is 24.5. The summed E-state index contributed by atoms with van der Waals surface area (Å²) in [7, 11) is 0. The molecular formula is C25H32N6O3S. The Morgan fingerprint density at radius 1 is 1.03 bits per heavy atom. The van der Waals surface area contributed by atoms with Gasteiger partial charge in [-0.1, -0.05) is 0 Å². The van der Waals surface area contributed by atoms with E-state index in [1.54, 1.807) is 25.2 Å². The molecule has 0 bridgehead atoms. The number of fused-ring (bicyclic) bond motifs is 1. The van der Waals surface area contributed by atoms with E-state index in [9.17, 15) is 15.3 Å². The molecule has 0 spiro atoms. The van der Waals surface area contributed by atoms with Crippen molar-refractivity contribution in [3.63, 3.8) is 0 Å². The molecular weight excluding hydrogens is 464 g/mol. The highest BCUT2D eigenvalue weighted by molar-refractivity contribution is 7.21. The third-order valence-electron chi connectivity index (χ3n) is 7.43.